The molecule has 0 spiro atoms. The van der Waals surface area contributed by atoms with Crippen molar-refractivity contribution in [2.45, 2.75) is 0 Å². The van der Waals surface area contributed by atoms with Crippen molar-refractivity contribution in [2.75, 3.05) is 5.32 Å². The predicted octanol–water partition coefficient (Wildman–Crippen LogP) is 2.56. The van der Waals surface area contributed by atoms with E-state index in [2.05, 4.69) is 21.9 Å². The average Bonchev–Trinajstić information content (AvgIpc) is 2.40. The smallest absolute Gasteiger partial charge is 0.335 e. The molecule has 0 radical (unpaired) electrons. The van der Waals surface area contributed by atoms with Gasteiger partial charge in [-0.2, -0.15) is 0 Å². The van der Waals surface area contributed by atoms with E-state index in [0.717, 1.165) is 11.3 Å². The number of nitrogens with zero attached hydrogens (tertiary/aromatic N) is 2. The van der Waals surface area contributed by atoms with Crippen molar-refractivity contribution in [1.82, 2.24) is 9.97 Å². The van der Waals surface area contributed by atoms with Crippen LogP contribution < -0.4 is 5.32 Å². The fourth-order valence-corrected chi connectivity index (χ4v) is 1.33. The molecular formula is C13H11N3O2. The Balaban J connectivity index is 2.12. The molecule has 0 saturated carbocycles. The zero-order valence-electron chi connectivity index (χ0n) is 9.50. The van der Waals surface area contributed by atoms with Gasteiger partial charge >= 0.3 is 5.97 Å². The fourth-order valence-electron chi connectivity index (χ4n) is 1.33. The van der Waals surface area contributed by atoms with Crippen LogP contribution in [-0.4, -0.2) is 21.0 Å². The van der Waals surface area contributed by atoms with Crippen LogP contribution in [0.2, 0.25) is 0 Å². The van der Waals surface area contributed by atoms with Crippen LogP contribution in [0.4, 0.5) is 11.6 Å². The monoisotopic (exact) mass is 241 g/mol. The van der Waals surface area contributed by atoms with Gasteiger partial charge < -0.3 is 10.4 Å². The molecule has 0 bridgehead atoms. The molecule has 2 aromatic rings. The summed E-state index contributed by atoms with van der Waals surface area (Å²) in [4.78, 5) is 18.9. The molecule has 1 aromatic carbocycles. The molecule has 5 nitrogen and oxygen atoms in total. The molecule has 0 aliphatic carbocycles. The zero-order valence-corrected chi connectivity index (χ0v) is 9.50. The predicted molar refractivity (Wildman–Crippen MR) is 68.8 cm³/mol. The largest absolute Gasteiger partial charge is 0.478 e. The lowest BCUT2D eigenvalue weighted by atomic mass is 10.2. The highest BCUT2D eigenvalue weighted by Crippen LogP contribution is 2.13. The Hall–Kier alpha value is -2.69. The van der Waals surface area contributed by atoms with Gasteiger partial charge in [0.1, 0.15) is 0 Å². The van der Waals surface area contributed by atoms with E-state index in [4.69, 9.17) is 5.11 Å². The van der Waals surface area contributed by atoms with Crippen molar-refractivity contribution in [3.05, 3.63) is 54.4 Å². The van der Waals surface area contributed by atoms with Crippen LogP contribution in [0.3, 0.4) is 0 Å². The summed E-state index contributed by atoms with van der Waals surface area (Å²) < 4.78 is 0. The molecule has 0 atom stereocenters. The van der Waals surface area contributed by atoms with Crippen molar-refractivity contribution in [2.24, 2.45) is 0 Å². The van der Waals surface area contributed by atoms with Crippen LogP contribution >= 0.6 is 0 Å². The number of carboxylic acids is 1. The van der Waals surface area contributed by atoms with Gasteiger partial charge in [-0.25, -0.2) is 14.8 Å². The molecule has 1 heterocycles. The summed E-state index contributed by atoms with van der Waals surface area (Å²) in [5.74, 6) is -0.503. The van der Waals surface area contributed by atoms with Crippen molar-refractivity contribution in [3.8, 4) is 0 Å². The first kappa shape index (κ1) is 11.8. The third kappa shape index (κ3) is 2.70. The number of rotatable bonds is 4. The molecule has 0 saturated heterocycles. The molecule has 18 heavy (non-hydrogen) atoms. The maximum absolute atomic E-state index is 10.7. The van der Waals surface area contributed by atoms with E-state index < -0.39 is 5.97 Å². The van der Waals surface area contributed by atoms with Crippen LogP contribution in [0.15, 0.2) is 43.2 Å². The molecular weight excluding hydrogens is 230 g/mol. The summed E-state index contributed by atoms with van der Waals surface area (Å²) in [6, 6.07) is 6.36. The van der Waals surface area contributed by atoms with Gasteiger partial charge in [-0.15, -0.1) is 0 Å². The summed E-state index contributed by atoms with van der Waals surface area (Å²) in [6.07, 6.45) is 4.95. The van der Waals surface area contributed by atoms with Gasteiger partial charge in [0.05, 0.1) is 5.56 Å². The van der Waals surface area contributed by atoms with Gasteiger partial charge in [-0.1, -0.05) is 12.7 Å². The maximum Gasteiger partial charge on any atom is 0.335 e. The van der Waals surface area contributed by atoms with E-state index in [1.54, 1.807) is 30.6 Å². The number of benzene rings is 1. The van der Waals surface area contributed by atoms with E-state index in [-0.39, 0.29) is 5.56 Å². The number of anilines is 2. The number of aromatic carboxylic acids is 1. The van der Waals surface area contributed by atoms with Gasteiger partial charge in [0.15, 0.2) is 0 Å². The second kappa shape index (κ2) is 5.09. The number of carbonyl (C=O) groups is 1. The normalized spacial score (nSPS) is 9.78. The number of hydrogen-bond donors (Lipinski definition) is 2. The van der Waals surface area contributed by atoms with Crippen LogP contribution in [0.1, 0.15) is 15.9 Å². The Labute approximate surface area is 104 Å². The minimum Gasteiger partial charge on any atom is -0.478 e. The minimum atomic E-state index is -0.951. The van der Waals surface area contributed by atoms with Gasteiger partial charge in [-0.05, 0) is 24.3 Å². The van der Waals surface area contributed by atoms with Crippen molar-refractivity contribution < 1.29 is 9.90 Å². The average molecular weight is 241 g/mol. The number of aromatic nitrogens is 2. The molecule has 0 aliphatic heterocycles. The third-order valence-electron chi connectivity index (χ3n) is 2.30. The molecule has 90 valence electrons. The maximum atomic E-state index is 10.7. The first-order valence-electron chi connectivity index (χ1n) is 5.24. The lowest BCUT2D eigenvalue weighted by molar-refractivity contribution is 0.0697. The fraction of sp³-hybridized carbons (Fsp3) is 0. The highest BCUT2D eigenvalue weighted by molar-refractivity contribution is 5.88. The second-order valence-corrected chi connectivity index (χ2v) is 3.55. The zero-order chi connectivity index (χ0) is 13.0. The molecule has 2 rings (SSSR count). The lowest BCUT2D eigenvalue weighted by Gasteiger charge is -2.04. The topological polar surface area (TPSA) is 75.1 Å². The summed E-state index contributed by atoms with van der Waals surface area (Å²) in [6.45, 7) is 3.61. The SMILES string of the molecule is C=Cc1cnc(Nc2ccc(C(=O)O)cc2)nc1. The Morgan fingerprint density at radius 2 is 1.83 bits per heavy atom. The van der Waals surface area contributed by atoms with E-state index in [1.807, 2.05) is 0 Å². The Bertz CT molecular complexity index is 562. The molecule has 5 heteroatoms. The second-order valence-electron chi connectivity index (χ2n) is 3.55. The van der Waals surface area contributed by atoms with Crippen LogP contribution in [-0.2, 0) is 0 Å². The highest BCUT2D eigenvalue weighted by Gasteiger charge is 2.02. The lowest BCUT2D eigenvalue weighted by Crippen LogP contribution is -1.99. The van der Waals surface area contributed by atoms with E-state index in [1.165, 1.54) is 12.1 Å². The molecule has 0 aliphatic rings. The highest BCUT2D eigenvalue weighted by atomic mass is 16.4. The van der Waals surface area contributed by atoms with Crippen LogP contribution in [0.5, 0.6) is 0 Å². The Kier molecular flexibility index (Phi) is 3.33. The van der Waals surface area contributed by atoms with E-state index in [0.29, 0.717) is 5.95 Å². The van der Waals surface area contributed by atoms with Gasteiger partial charge in [0.2, 0.25) is 5.95 Å². The Morgan fingerprint density at radius 3 is 2.33 bits per heavy atom. The van der Waals surface area contributed by atoms with Crippen molar-refractivity contribution >= 4 is 23.7 Å². The number of nitrogens with one attached hydrogen (secondary N) is 1. The first-order valence-corrected chi connectivity index (χ1v) is 5.24. The minimum absolute atomic E-state index is 0.239. The summed E-state index contributed by atoms with van der Waals surface area (Å²) in [5.41, 5.74) is 1.80. The standard InChI is InChI=1S/C13H11N3O2/c1-2-9-7-14-13(15-8-9)16-11-5-3-10(4-6-11)12(17)18/h2-8H,1H2,(H,17,18)(H,14,15,16). The van der Waals surface area contributed by atoms with Crippen LogP contribution in [0.25, 0.3) is 6.08 Å². The van der Waals surface area contributed by atoms with Crippen molar-refractivity contribution in [3.63, 3.8) is 0 Å². The summed E-state index contributed by atoms with van der Waals surface area (Å²) in [5, 5.41) is 11.7. The van der Waals surface area contributed by atoms with Crippen molar-refractivity contribution in [1.29, 1.82) is 0 Å². The van der Waals surface area contributed by atoms with Gasteiger partial charge in [0, 0.05) is 23.6 Å². The number of hydrogen-bond acceptors (Lipinski definition) is 4. The molecule has 2 N–H and O–H groups in total. The Morgan fingerprint density at radius 1 is 1.22 bits per heavy atom. The molecule has 0 fully saturated rings. The molecule has 0 amide bonds. The quantitative estimate of drug-likeness (QED) is 0.860. The van der Waals surface area contributed by atoms with E-state index in [9.17, 15) is 4.79 Å². The summed E-state index contributed by atoms with van der Waals surface area (Å²) >= 11 is 0. The van der Waals surface area contributed by atoms with E-state index >= 15 is 0 Å². The molecule has 0 unspecified atom stereocenters. The molecule has 1 aromatic heterocycles. The summed E-state index contributed by atoms with van der Waals surface area (Å²) in [7, 11) is 0. The van der Waals surface area contributed by atoms with Gasteiger partial charge in [-0.3, -0.25) is 0 Å². The first-order chi connectivity index (χ1) is 8.69. The van der Waals surface area contributed by atoms with Gasteiger partial charge in [0.25, 0.3) is 0 Å². The van der Waals surface area contributed by atoms with Crippen LogP contribution in [0, 0.1) is 0 Å². The number of carboxylic acid groups (broad SMARTS) is 1. The third-order valence-corrected chi connectivity index (χ3v) is 2.30.